The summed E-state index contributed by atoms with van der Waals surface area (Å²) in [5, 5.41) is 0. The van der Waals surface area contributed by atoms with Crippen LogP contribution in [0.15, 0.2) is 65.6 Å². The first-order chi connectivity index (χ1) is 13.1. The molecule has 4 aromatic rings. The molecule has 0 spiro atoms. The summed E-state index contributed by atoms with van der Waals surface area (Å²) in [5.74, 6) is 0.997. The number of H-pyrrole nitrogens is 1. The summed E-state index contributed by atoms with van der Waals surface area (Å²) >= 11 is 0. The van der Waals surface area contributed by atoms with E-state index in [-0.39, 0.29) is 11.7 Å². The van der Waals surface area contributed by atoms with Crippen LogP contribution in [0, 0.1) is 0 Å². The first-order valence-corrected chi connectivity index (χ1v) is 9.17. The number of fused-ring (bicyclic) bond motifs is 1. The van der Waals surface area contributed by atoms with Gasteiger partial charge in [0.15, 0.2) is 11.5 Å². The third-order valence-corrected chi connectivity index (χ3v) is 4.95. The van der Waals surface area contributed by atoms with Gasteiger partial charge in [0.1, 0.15) is 5.52 Å². The fraction of sp³-hybridized carbons (Fsp3) is 0.227. The molecule has 0 saturated carbocycles. The number of nitrogens with one attached hydrogen (secondary N) is 1. The van der Waals surface area contributed by atoms with E-state index >= 15 is 0 Å². The van der Waals surface area contributed by atoms with E-state index in [1.807, 2.05) is 55.5 Å². The van der Waals surface area contributed by atoms with Crippen molar-refractivity contribution in [1.29, 1.82) is 0 Å². The summed E-state index contributed by atoms with van der Waals surface area (Å²) in [5.41, 5.74) is 4.35. The van der Waals surface area contributed by atoms with Crippen LogP contribution < -0.4 is 5.69 Å². The SMILES string of the molecule is CC(C)c1ccccc1-c1ncc2[nH]c(=O)n(C(C)c3ccccc3)c2n1. The topological polar surface area (TPSA) is 63.6 Å². The molecule has 0 saturated heterocycles. The van der Waals surface area contributed by atoms with Crippen molar-refractivity contribution in [1.82, 2.24) is 19.5 Å². The highest BCUT2D eigenvalue weighted by molar-refractivity contribution is 5.74. The molecular weight excluding hydrogens is 336 g/mol. The smallest absolute Gasteiger partial charge is 0.303 e. The standard InChI is InChI=1S/C22H22N4O/c1-14(2)17-11-7-8-12-18(17)20-23-13-19-21(25-20)26(22(27)24-19)15(3)16-9-5-4-6-10-16/h4-15H,1-3H3,(H,24,27). The van der Waals surface area contributed by atoms with Crippen molar-refractivity contribution in [2.24, 2.45) is 0 Å². The monoisotopic (exact) mass is 358 g/mol. The molecule has 1 unspecified atom stereocenters. The summed E-state index contributed by atoms with van der Waals surface area (Å²) in [7, 11) is 0. The summed E-state index contributed by atoms with van der Waals surface area (Å²) in [6.45, 7) is 6.32. The van der Waals surface area contributed by atoms with Gasteiger partial charge in [-0.25, -0.2) is 14.8 Å². The predicted octanol–water partition coefficient (Wildman–Crippen LogP) is 4.52. The predicted molar refractivity (Wildman–Crippen MR) is 108 cm³/mol. The number of nitrogens with zero attached hydrogens (tertiary/aromatic N) is 3. The summed E-state index contributed by atoms with van der Waals surface area (Å²) < 4.78 is 1.70. The molecule has 1 N–H and O–H groups in total. The number of imidazole rings is 1. The van der Waals surface area contributed by atoms with Crippen molar-refractivity contribution in [3.63, 3.8) is 0 Å². The lowest BCUT2D eigenvalue weighted by Crippen LogP contribution is -2.21. The van der Waals surface area contributed by atoms with Gasteiger partial charge in [-0.1, -0.05) is 68.4 Å². The molecule has 27 heavy (non-hydrogen) atoms. The van der Waals surface area contributed by atoms with E-state index in [1.54, 1.807) is 10.8 Å². The van der Waals surface area contributed by atoms with Gasteiger partial charge < -0.3 is 4.98 Å². The van der Waals surface area contributed by atoms with Crippen molar-refractivity contribution < 1.29 is 0 Å². The van der Waals surface area contributed by atoms with Gasteiger partial charge >= 0.3 is 5.69 Å². The highest BCUT2D eigenvalue weighted by Gasteiger charge is 2.18. The molecule has 136 valence electrons. The van der Waals surface area contributed by atoms with Gasteiger partial charge in [0.05, 0.1) is 12.2 Å². The molecule has 1 atom stereocenters. The van der Waals surface area contributed by atoms with Crippen LogP contribution in [0.5, 0.6) is 0 Å². The highest BCUT2D eigenvalue weighted by Crippen LogP contribution is 2.28. The van der Waals surface area contributed by atoms with Crippen LogP contribution in [0.3, 0.4) is 0 Å². The van der Waals surface area contributed by atoms with E-state index < -0.39 is 0 Å². The minimum atomic E-state index is -0.176. The Labute approximate surface area is 157 Å². The van der Waals surface area contributed by atoms with Crippen LogP contribution in [0.2, 0.25) is 0 Å². The lowest BCUT2D eigenvalue weighted by molar-refractivity contribution is 0.630. The summed E-state index contributed by atoms with van der Waals surface area (Å²) in [4.78, 5) is 24.8. The van der Waals surface area contributed by atoms with E-state index in [1.165, 1.54) is 5.56 Å². The second-order valence-electron chi connectivity index (χ2n) is 7.06. The number of aromatic nitrogens is 4. The third-order valence-electron chi connectivity index (χ3n) is 4.95. The molecule has 0 aliphatic rings. The number of rotatable bonds is 4. The molecule has 4 rings (SSSR count). The lowest BCUT2D eigenvalue weighted by atomic mass is 9.97. The van der Waals surface area contributed by atoms with Crippen molar-refractivity contribution in [3.05, 3.63) is 82.4 Å². The minimum absolute atomic E-state index is 0.129. The zero-order chi connectivity index (χ0) is 19.0. The Kier molecular flexibility index (Phi) is 4.36. The maximum absolute atomic E-state index is 12.6. The van der Waals surface area contributed by atoms with Crippen LogP contribution in [0.25, 0.3) is 22.6 Å². The Morgan fingerprint density at radius 3 is 2.41 bits per heavy atom. The van der Waals surface area contributed by atoms with Crippen molar-refractivity contribution >= 4 is 11.2 Å². The fourth-order valence-corrected chi connectivity index (χ4v) is 3.49. The second kappa shape index (κ2) is 6.83. The zero-order valence-corrected chi connectivity index (χ0v) is 15.7. The maximum atomic E-state index is 12.6. The van der Waals surface area contributed by atoms with E-state index in [0.717, 1.165) is 11.1 Å². The number of benzene rings is 2. The maximum Gasteiger partial charge on any atom is 0.328 e. The van der Waals surface area contributed by atoms with Crippen LogP contribution >= 0.6 is 0 Å². The van der Waals surface area contributed by atoms with Crippen LogP contribution in [0.1, 0.15) is 43.9 Å². The number of hydrogen-bond acceptors (Lipinski definition) is 3. The Balaban J connectivity index is 1.90. The van der Waals surface area contributed by atoms with E-state index in [2.05, 4.69) is 29.9 Å². The summed E-state index contributed by atoms with van der Waals surface area (Å²) in [6, 6.07) is 18.0. The van der Waals surface area contributed by atoms with Crippen LogP contribution in [-0.4, -0.2) is 19.5 Å². The Bertz CT molecular complexity index is 1140. The second-order valence-corrected chi connectivity index (χ2v) is 7.06. The van der Waals surface area contributed by atoms with E-state index in [0.29, 0.717) is 22.9 Å². The third kappa shape index (κ3) is 3.05. The average molecular weight is 358 g/mol. The Morgan fingerprint density at radius 1 is 0.963 bits per heavy atom. The van der Waals surface area contributed by atoms with Gasteiger partial charge in [-0.2, -0.15) is 0 Å². The lowest BCUT2D eigenvalue weighted by Gasteiger charge is -2.14. The Morgan fingerprint density at radius 2 is 1.67 bits per heavy atom. The van der Waals surface area contributed by atoms with Gasteiger partial charge in [0, 0.05) is 5.56 Å². The van der Waals surface area contributed by atoms with Crippen molar-refractivity contribution in [2.75, 3.05) is 0 Å². The molecule has 0 aliphatic carbocycles. The molecule has 2 aromatic heterocycles. The zero-order valence-electron chi connectivity index (χ0n) is 15.7. The number of aromatic amines is 1. The van der Waals surface area contributed by atoms with Gasteiger partial charge in [-0.15, -0.1) is 0 Å². The minimum Gasteiger partial charge on any atom is -0.303 e. The van der Waals surface area contributed by atoms with Crippen molar-refractivity contribution in [2.45, 2.75) is 32.7 Å². The Hall–Kier alpha value is -3.21. The first-order valence-electron chi connectivity index (χ1n) is 9.17. The van der Waals surface area contributed by atoms with Crippen LogP contribution in [0.4, 0.5) is 0 Å². The van der Waals surface area contributed by atoms with Crippen LogP contribution in [-0.2, 0) is 0 Å². The van der Waals surface area contributed by atoms with Gasteiger partial charge in [-0.3, -0.25) is 4.57 Å². The average Bonchev–Trinajstić information content (AvgIpc) is 3.03. The van der Waals surface area contributed by atoms with Gasteiger partial charge in [0.2, 0.25) is 0 Å². The molecule has 0 bridgehead atoms. The molecular formula is C22H22N4O. The molecule has 0 radical (unpaired) electrons. The van der Waals surface area contributed by atoms with E-state index in [4.69, 9.17) is 4.98 Å². The molecule has 5 heteroatoms. The molecule has 5 nitrogen and oxygen atoms in total. The summed E-state index contributed by atoms with van der Waals surface area (Å²) in [6.07, 6.45) is 1.70. The molecule has 2 heterocycles. The highest BCUT2D eigenvalue weighted by atomic mass is 16.1. The van der Waals surface area contributed by atoms with Gasteiger partial charge in [0.25, 0.3) is 0 Å². The van der Waals surface area contributed by atoms with E-state index in [9.17, 15) is 4.79 Å². The largest absolute Gasteiger partial charge is 0.328 e. The number of hydrogen-bond donors (Lipinski definition) is 1. The quantitative estimate of drug-likeness (QED) is 0.583. The normalized spacial score (nSPS) is 12.6. The first kappa shape index (κ1) is 17.2. The molecule has 0 amide bonds. The molecule has 2 aromatic carbocycles. The van der Waals surface area contributed by atoms with Gasteiger partial charge in [-0.05, 0) is 24.0 Å². The molecule has 0 fully saturated rings. The molecule has 0 aliphatic heterocycles. The van der Waals surface area contributed by atoms with Crippen molar-refractivity contribution in [3.8, 4) is 11.4 Å². The fourth-order valence-electron chi connectivity index (χ4n) is 3.49.